The Hall–Kier alpha value is -2.22. The molecule has 1 saturated heterocycles. The molecule has 1 aliphatic heterocycles. The molecule has 136 valence electrons. The second-order valence-corrected chi connectivity index (χ2v) is 7.31. The molecule has 0 bridgehead atoms. The Bertz CT molecular complexity index is 651. The SMILES string of the molecule is CC(C)NC(=O)Nc1cccc(C(=O)N2CCSCC2CC(=O)O)c1. The van der Waals surface area contributed by atoms with Crippen molar-refractivity contribution in [2.24, 2.45) is 0 Å². The van der Waals surface area contributed by atoms with E-state index in [0.717, 1.165) is 5.75 Å². The summed E-state index contributed by atoms with van der Waals surface area (Å²) in [5, 5.41) is 14.5. The molecule has 1 atom stereocenters. The van der Waals surface area contributed by atoms with E-state index in [4.69, 9.17) is 5.11 Å². The Balaban J connectivity index is 2.11. The molecular formula is C17H23N3O4S. The van der Waals surface area contributed by atoms with Crippen LogP contribution in [-0.2, 0) is 4.79 Å². The topological polar surface area (TPSA) is 98.7 Å². The molecule has 1 fully saturated rings. The summed E-state index contributed by atoms with van der Waals surface area (Å²) in [6.45, 7) is 4.24. The minimum Gasteiger partial charge on any atom is -0.481 e. The Labute approximate surface area is 151 Å². The molecule has 0 aromatic heterocycles. The first-order valence-electron chi connectivity index (χ1n) is 8.15. The van der Waals surface area contributed by atoms with Gasteiger partial charge in [0.1, 0.15) is 0 Å². The van der Waals surface area contributed by atoms with Crippen molar-refractivity contribution in [1.29, 1.82) is 0 Å². The number of benzene rings is 1. The Morgan fingerprint density at radius 1 is 1.36 bits per heavy atom. The number of carbonyl (C=O) groups excluding carboxylic acids is 2. The minimum absolute atomic E-state index is 0.00689. The number of amides is 3. The number of carboxylic acid groups (broad SMARTS) is 1. The maximum atomic E-state index is 12.8. The average Bonchev–Trinajstić information content (AvgIpc) is 2.53. The fourth-order valence-electron chi connectivity index (χ4n) is 2.62. The van der Waals surface area contributed by atoms with Gasteiger partial charge < -0.3 is 20.6 Å². The summed E-state index contributed by atoms with van der Waals surface area (Å²) in [6.07, 6.45) is -0.0620. The smallest absolute Gasteiger partial charge is 0.319 e. The van der Waals surface area contributed by atoms with Gasteiger partial charge in [-0.15, -0.1) is 0 Å². The number of aliphatic carboxylic acids is 1. The van der Waals surface area contributed by atoms with Crippen molar-refractivity contribution in [3.8, 4) is 0 Å². The lowest BCUT2D eigenvalue weighted by atomic mass is 10.1. The quantitative estimate of drug-likeness (QED) is 0.743. The van der Waals surface area contributed by atoms with Crippen LogP contribution in [-0.4, -0.2) is 58.0 Å². The fourth-order valence-corrected chi connectivity index (χ4v) is 3.68. The van der Waals surface area contributed by atoms with Crippen molar-refractivity contribution >= 4 is 35.4 Å². The zero-order valence-corrected chi connectivity index (χ0v) is 15.1. The van der Waals surface area contributed by atoms with E-state index in [1.807, 2.05) is 13.8 Å². The third kappa shape index (κ3) is 5.67. The van der Waals surface area contributed by atoms with E-state index in [1.165, 1.54) is 0 Å². The number of carbonyl (C=O) groups is 3. The van der Waals surface area contributed by atoms with Crippen LogP contribution in [0.5, 0.6) is 0 Å². The van der Waals surface area contributed by atoms with Gasteiger partial charge >= 0.3 is 12.0 Å². The summed E-state index contributed by atoms with van der Waals surface area (Å²) in [5.41, 5.74) is 0.954. The van der Waals surface area contributed by atoms with Gasteiger partial charge in [0.25, 0.3) is 5.91 Å². The van der Waals surface area contributed by atoms with Crippen LogP contribution in [0.3, 0.4) is 0 Å². The van der Waals surface area contributed by atoms with E-state index in [2.05, 4.69) is 10.6 Å². The minimum atomic E-state index is -0.911. The lowest BCUT2D eigenvalue weighted by Crippen LogP contribution is -2.47. The molecule has 0 aliphatic carbocycles. The summed E-state index contributed by atoms with van der Waals surface area (Å²) in [5.74, 6) is 0.286. The van der Waals surface area contributed by atoms with E-state index in [0.29, 0.717) is 23.5 Å². The number of nitrogens with zero attached hydrogens (tertiary/aromatic N) is 1. The molecule has 1 unspecified atom stereocenters. The predicted molar refractivity (Wildman–Crippen MR) is 98.1 cm³/mol. The molecule has 8 heteroatoms. The molecule has 25 heavy (non-hydrogen) atoms. The Morgan fingerprint density at radius 3 is 2.80 bits per heavy atom. The largest absolute Gasteiger partial charge is 0.481 e. The molecule has 3 amide bonds. The molecule has 1 aromatic rings. The van der Waals surface area contributed by atoms with E-state index in [1.54, 1.807) is 40.9 Å². The van der Waals surface area contributed by atoms with Gasteiger partial charge in [-0.2, -0.15) is 11.8 Å². The molecule has 0 radical (unpaired) electrons. The molecule has 1 aromatic carbocycles. The molecule has 2 rings (SSSR count). The Kier molecular flexibility index (Phi) is 6.69. The van der Waals surface area contributed by atoms with Crippen molar-refractivity contribution in [3.63, 3.8) is 0 Å². The summed E-state index contributed by atoms with van der Waals surface area (Å²) >= 11 is 1.66. The standard InChI is InChI=1S/C17H23N3O4S/c1-11(2)18-17(24)19-13-5-3-4-12(8-13)16(23)20-6-7-25-10-14(20)9-15(21)22/h3-5,8,11,14H,6-7,9-10H2,1-2H3,(H,21,22)(H2,18,19,24). The second-order valence-electron chi connectivity index (χ2n) is 6.16. The number of anilines is 1. The van der Waals surface area contributed by atoms with Crippen molar-refractivity contribution in [2.75, 3.05) is 23.4 Å². The number of hydrogen-bond acceptors (Lipinski definition) is 4. The van der Waals surface area contributed by atoms with E-state index in [-0.39, 0.29) is 30.4 Å². The van der Waals surface area contributed by atoms with Gasteiger partial charge in [-0.3, -0.25) is 9.59 Å². The molecule has 0 saturated carbocycles. The highest BCUT2D eigenvalue weighted by Crippen LogP contribution is 2.22. The van der Waals surface area contributed by atoms with Gasteiger partial charge in [0.2, 0.25) is 0 Å². The van der Waals surface area contributed by atoms with Crippen molar-refractivity contribution in [3.05, 3.63) is 29.8 Å². The highest BCUT2D eigenvalue weighted by atomic mass is 32.2. The maximum Gasteiger partial charge on any atom is 0.319 e. The van der Waals surface area contributed by atoms with Crippen molar-refractivity contribution in [1.82, 2.24) is 10.2 Å². The van der Waals surface area contributed by atoms with Crippen LogP contribution >= 0.6 is 11.8 Å². The van der Waals surface area contributed by atoms with Crippen molar-refractivity contribution in [2.45, 2.75) is 32.4 Å². The second kappa shape index (κ2) is 8.75. The molecule has 7 nitrogen and oxygen atoms in total. The maximum absolute atomic E-state index is 12.8. The Morgan fingerprint density at radius 2 is 2.12 bits per heavy atom. The fraction of sp³-hybridized carbons (Fsp3) is 0.471. The monoisotopic (exact) mass is 365 g/mol. The first-order chi connectivity index (χ1) is 11.9. The zero-order chi connectivity index (χ0) is 18.4. The lowest BCUT2D eigenvalue weighted by Gasteiger charge is -2.34. The summed E-state index contributed by atoms with van der Waals surface area (Å²) < 4.78 is 0. The number of urea groups is 1. The van der Waals surface area contributed by atoms with Gasteiger partial charge in [-0.25, -0.2) is 4.79 Å². The van der Waals surface area contributed by atoms with Crippen LogP contribution in [0.2, 0.25) is 0 Å². The summed E-state index contributed by atoms with van der Waals surface area (Å²) in [4.78, 5) is 37.3. The molecule has 3 N–H and O–H groups in total. The number of rotatable bonds is 5. The van der Waals surface area contributed by atoms with Gasteiger partial charge in [0.15, 0.2) is 0 Å². The van der Waals surface area contributed by atoms with E-state index >= 15 is 0 Å². The first kappa shape index (κ1) is 19.1. The van der Waals surface area contributed by atoms with Crippen LogP contribution in [0, 0.1) is 0 Å². The van der Waals surface area contributed by atoms with Gasteiger partial charge in [0, 0.05) is 35.3 Å². The zero-order valence-electron chi connectivity index (χ0n) is 14.3. The molecule has 1 heterocycles. The molecule has 0 spiro atoms. The van der Waals surface area contributed by atoms with Gasteiger partial charge in [0.05, 0.1) is 12.5 Å². The number of hydrogen-bond donors (Lipinski definition) is 3. The number of thioether (sulfide) groups is 1. The molecule has 1 aliphatic rings. The summed E-state index contributed by atoms with van der Waals surface area (Å²) in [7, 11) is 0. The highest BCUT2D eigenvalue weighted by Gasteiger charge is 2.29. The van der Waals surface area contributed by atoms with Crippen LogP contribution in [0.25, 0.3) is 0 Å². The van der Waals surface area contributed by atoms with Crippen LogP contribution < -0.4 is 10.6 Å². The van der Waals surface area contributed by atoms with Gasteiger partial charge in [-0.05, 0) is 32.0 Å². The highest BCUT2D eigenvalue weighted by molar-refractivity contribution is 7.99. The summed E-state index contributed by atoms with van der Waals surface area (Å²) in [6, 6.07) is 6.05. The van der Waals surface area contributed by atoms with E-state index < -0.39 is 5.97 Å². The normalized spacial score (nSPS) is 17.2. The number of nitrogens with one attached hydrogen (secondary N) is 2. The van der Waals surface area contributed by atoms with Gasteiger partial charge in [-0.1, -0.05) is 6.07 Å². The molecular weight excluding hydrogens is 342 g/mol. The average molecular weight is 365 g/mol. The van der Waals surface area contributed by atoms with Crippen LogP contribution in [0.1, 0.15) is 30.6 Å². The predicted octanol–water partition coefficient (Wildman–Crippen LogP) is 2.25. The van der Waals surface area contributed by atoms with E-state index in [9.17, 15) is 14.4 Å². The van der Waals surface area contributed by atoms with Crippen LogP contribution in [0.4, 0.5) is 10.5 Å². The first-order valence-corrected chi connectivity index (χ1v) is 9.30. The third-order valence-electron chi connectivity index (χ3n) is 3.69. The lowest BCUT2D eigenvalue weighted by molar-refractivity contribution is -0.138. The van der Waals surface area contributed by atoms with Crippen LogP contribution in [0.15, 0.2) is 24.3 Å². The number of carboxylic acids is 1. The van der Waals surface area contributed by atoms with Crippen molar-refractivity contribution < 1.29 is 19.5 Å². The third-order valence-corrected chi connectivity index (χ3v) is 4.78.